The number of carbonyl (C=O) groups excluding carboxylic acids is 1. The van der Waals surface area contributed by atoms with Crippen LogP contribution >= 0.6 is 11.9 Å². The molecular formula is C16H19N3O2S. The first kappa shape index (κ1) is 14.1. The van der Waals surface area contributed by atoms with Crippen LogP contribution < -0.4 is 10.6 Å². The van der Waals surface area contributed by atoms with Crippen molar-refractivity contribution in [1.82, 2.24) is 15.1 Å². The third-order valence-corrected chi connectivity index (χ3v) is 5.34. The van der Waals surface area contributed by atoms with Crippen LogP contribution in [0.3, 0.4) is 0 Å². The van der Waals surface area contributed by atoms with Crippen molar-refractivity contribution in [3.63, 3.8) is 0 Å². The molecular weight excluding hydrogens is 298 g/mol. The van der Waals surface area contributed by atoms with Gasteiger partial charge in [-0.05, 0) is 49.6 Å². The smallest absolute Gasteiger partial charge is 0.251 e. The van der Waals surface area contributed by atoms with Crippen LogP contribution in [0.2, 0.25) is 0 Å². The summed E-state index contributed by atoms with van der Waals surface area (Å²) in [6.07, 6.45) is 7.33. The lowest BCUT2D eigenvalue weighted by atomic mass is 9.95. The second kappa shape index (κ2) is 5.95. The molecule has 2 bridgehead atoms. The lowest BCUT2D eigenvalue weighted by Gasteiger charge is -2.21. The molecule has 22 heavy (non-hydrogen) atoms. The highest BCUT2D eigenvalue weighted by Crippen LogP contribution is 2.29. The van der Waals surface area contributed by atoms with E-state index in [1.807, 2.05) is 36.5 Å². The summed E-state index contributed by atoms with van der Waals surface area (Å²) >= 11 is 1.50. The van der Waals surface area contributed by atoms with Crippen molar-refractivity contribution in [2.75, 3.05) is 6.61 Å². The lowest BCUT2D eigenvalue weighted by molar-refractivity contribution is -0.000393. The molecule has 5 nitrogen and oxygen atoms in total. The van der Waals surface area contributed by atoms with Gasteiger partial charge in [0.25, 0.3) is 5.91 Å². The molecule has 2 saturated heterocycles. The van der Waals surface area contributed by atoms with E-state index in [1.165, 1.54) is 24.8 Å². The third-order valence-electron chi connectivity index (χ3n) is 4.45. The molecule has 0 spiro atoms. The summed E-state index contributed by atoms with van der Waals surface area (Å²) in [6.45, 7) is 0.616. The van der Waals surface area contributed by atoms with E-state index < -0.39 is 0 Å². The quantitative estimate of drug-likeness (QED) is 0.833. The molecule has 1 amide bonds. The number of nitrogens with zero attached hydrogens (tertiary/aromatic N) is 1. The molecule has 3 aliphatic heterocycles. The molecule has 3 aliphatic rings. The molecule has 0 radical (unpaired) electrons. The number of benzene rings is 1. The summed E-state index contributed by atoms with van der Waals surface area (Å²) in [5.74, 6) is 0.0215. The average molecular weight is 317 g/mol. The Morgan fingerprint density at radius 2 is 2.18 bits per heavy atom. The van der Waals surface area contributed by atoms with Crippen molar-refractivity contribution in [2.24, 2.45) is 0 Å². The van der Waals surface area contributed by atoms with Crippen LogP contribution in [-0.4, -0.2) is 35.1 Å². The van der Waals surface area contributed by atoms with Crippen molar-refractivity contribution in [3.8, 4) is 0 Å². The topological polar surface area (TPSA) is 53.6 Å². The molecule has 0 saturated carbocycles. The van der Waals surface area contributed by atoms with E-state index in [9.17, 15) is 4.79 Å². The Labute approximate surface area is 134 Å². The fourth-order valence-corrected chi connectivity index (χ4v) is 4.08. The average Bonchev–Trinajstić information content (AvgIpc) is 3.25. The van der Waals surface area contributed by atoms with E-state index >= 15 is 0 Å². The maximum Gasteiger partial charge on any atom is 0.251 e. The Kier molecular flexibility index (Phi) is 3.82. The van der Waals surface area contributed by atoms with Crippen LogP contribution in [0.15, 0.2) is 41.4 Å². The highest BCUT2D eigenvalue weighted by atomic mass is 32.2. The first-order chi connectivity index (χ1) is 10.8. The minimum atomic E-state index is 0.0215. The van der Waals surface area contributed by atoms with E-state index in [2.05, 4.69) is 10.6 Å². The number of carbonyl (C=O) groups is 1. The fraction of sp³-hybridized carbons (Fsp3) is 0.438. The van der Waals surface area contributed by atoms with E-state index in [-0.39, 0.29) is 11.9 Å². The van der Waals surface area contributed by atoms with Gasteiger partial charge < -0.3 is 10.6 Å². The summed E-state index contributed by atoms with van der Waals surface area (Å²) in [7, 11) is 0. The Morgan fingerprint density at radius 3 is 2.82 bits per heavy atom. The summed E-state index contributed by atoms with van der Waals surface area (Å²) in [5.41, 5.74) is 0.713. The van der Waals surface area contributed by atoms with Crippen molar-refractivity contribution in [2.45, 2.75) is 42.3 Å². The zero-order valence-electron chi connectivity index (χ0n) is 12.2. The highest BCUT2D eigenvalue weighted by Gasteiger charge is 2.39. The summed E-state index contributed by atoms with van der Waals surface area (Å²) < 4.78 is 1.72. The minimum absolute atomic E-state index is 0.0215. The van der Waals surface area contributed by atoms with Gasteiger partial charge in [0, 0.05) is 46.7 Å². The number of nitrogens with one attached hydrogen (secondary N) is 2. The molecule has 3 atom stereocenters. The molecule has 2 N–H and O–H groups in total. The monoisotopic (exact) mass is 317 g/mol. The van der Waals surface area contributed by atoms with Gasteiger partial charge in [0.2, 0.25) is 0 Å². The maximum absolute atomic E-state index is 12.3. The molecule has 0 aliphatic carbocycles. The Morgan fingerprint density at radius 1 is 1.32 bits per heavy atom. The number of hydrogen-bond acceptors (Lipinski definition) is 5. The minimum Gasteiger partial charge on any atom is -0.348 e. The van der Waals surface area contributed by atoms with Gasteiger partial charge in [-0.1, -0.05) is 0 Å². The highest BCUT2D eigenvalue weighted by molar-refractivity contribution is 7.97. The van der Waals surface area contributed by atoms with E-state index in [0.717, 1.165) is 11.3 Å². The van der Waals surface area contributed by atoms with E-state index in [1.54, 1.807) is 4.47 Å². The van der Waals surface area contributed by atoms with Crippen LogP contribution in [0, 0.1) is 0 Å². The van der Waals surface area contributed by atoms with Crippen molar-refractivity contribution in [1.29, 1.82) is 0 Å². The van der Waals surface area contributed by atoms with E-state index in [0.29, 0.717) is 24.3 Å². The second-order valence-corrected chi connectivity index (χ2v) is 6.96. The predicted octanol–water partition coefficient (Wildman–Crippen LogP) is 2.08. The molecule has 1 aromatic carbocycles. The molecule has 0 aromatic heterocycles. The van der Waals surface area contributed by atoms with Gasteiger partial charge in [0.05, 0.1) is 6.61 Å². The second-order valence-electron chi connectivity index (χ2n) is 5.94. The molecule has 2 fully saturated rings. The summed E-state index contributed by atoms with van der Waals surface area (Å²) in [5, 5.41) is 6.70. The summed E-state index contributed by atoms with van der Waals surface area (Å²) in [6, 6.07) is 8.99. The van der Waals surface area contributed by atoms with Gasteiger partial charge in [-0.25, -0.2) is 0 Å². The first-order valence-corrected chi connectivity index (χ1v) is 8.49. The zero-order valence-corrected chi connectivity index (χ0v) is 13.0. The van der Waals surface area contributed by atoms with Gasteiger partial charge >= 0.3 is 0 Å². The molecule has 6 heteroatoms. The molecule has 1 aromatic rings. The van der Waals surface area contributed by atoms with Gasteiger partial charge in [0.1, 0.15) is 0 Å². The van der Waals surface area contributed by atoms with Crippen LogP contribution in [-0.2, 0) is 4.84 Å². The lowest BCUT2D eigenvalue weighted by Crippen LogP contribution is -2.42. The van der Waals surface area contributed by atoms with Gasteiger partial charge in [-0.3, -0.25) is 9.63 Å². The van der Waals surface area contributed by atoms with Gasteiger partial charge in [-0.2, -0.15) is 4.47 Å². The van der Waals surface area contributed by atoms with Crippen LogP contribution in [0.1, 0.15) is 29.6 Å². The third kappa shape index (κ3) is 2.86. The number of amides is 1. The largest absolute Gasteiger partial charge is 0.348 e. The van der Waals surface area contributed by atoms with Crippen molar-refractivity contribution < 1.29 is 9.63 Å². The molecule has 4 rings (SSSR count). The predicted molar refractivity (Wildman–Crippen MR) is 85.0 cm³/mol. The number of hydroxylamine groups is 1. The molecule has 116 valence electrons. The fourth-order valence-electron chi connectivity index (χ4n) is 3.35. The Balaban J connectivity index is 1.35. The molecule has 3 heterocycles. The van der Waals surface area contributed by atoms with Crippen molar-refractivity contribution in [3.05, 3.63) is 42.1 Å². The van der Waals surface area contributed by atoms with E-state index in [4.69, 9.17) is 4.84 Å². The number of fused-ring (bicyclic) bond motifs is 2. The standard InChI is InChI=1S/C16H19N3O2S/c20-16(18-15-10-12-4-7-14(15)17-12)11-2-5-13(6-3-11)22-19-8-1-9-21-19/h1-3,5-6,8,12,14-15,17H,4,7,9-10H2,(H,18,20)/t12-,14+,15-/m1/s1. The Bertz CT molecular complexity index is 590. The zero-order chi connectivity index (χ0) is 14.9. The van der Waals surface area contributed by atoms with Crippen LogP contribution in [0.25, 0.3) is 0 Å². The van der Waals surface area contributed by atoms with Gasteiger partial charge in [0.15, 0.2) is 0 Å². The van der Waals surface area contributed by atoms with Crippen LogP contribution in [0.5, 0.6) is 0 Å². The SMILES string of the molecule is O=C(N[C@@H]1C[C@H]2CC[C@@H]1N2)c1ccc(SN2C=CCO2)cc1. The van der Waals surface area contributed by atoms with Crippen molar-refractivity contribution >= 4 is 17.9 Å². The first-order valence-electron chi connectivity index (χ1n) is 7.72. The number of rotatable bonds is 4. The number of hydrogen-bond donors (Lipinski definition) is 2. The normalized spacial score (nSPS) is 29.3. The maximum atomic E-state index is 12.3. The summed E-state index contributed by atoms with van der Waals surface area (Å²) in [4.78, 5) is 18.7. The Hall–Kier alpha value is -1.50. The van der Waals surface area contributed by atoms with Gasteiger partial charge in [-0.15, -0.1) is 0 Å². The van der Waals surface area contributed by atoms with Crippen LogP contribution in [0.4, 0.5) is 0 Å². The molecule has 0 unspecified atom stereocenters.